The third-order valence-electron chi connectivity index (χ3n) is 5.61. The molecule has 0 spiro atoms. The van der Waals surface area contributed by atoms with Gasteiger partial charge in [-0.15, -0.1) is 0 Å². The zero-order valence-electron chi connectivity index (χ0n) is 17.5. The Hall–Kier alpha value is -3.63. The molecule has 0 aliphatic carbocycles. The van der Waals surface area contributed by atoms with Gasteiger partial charge in [-0.1, -0.05) is 12.1 Å². The van der Waals surface area contributed by atoms with Gasteiger partial charge in [0.1, 0.15) is 5.75 Å². The molecule has 0 saturated carbocycles. The minimum absolute atomic E-state index is 0.000193. The smallest absolute Gasteiger partial charge is 0.257 e. The molecule has 3 aromatic rings. The topological polar surface area (TPSA) is 85.2 Å². The number of benzene rings is 2. The van der Waals surface area contributed by atoms with Gasteiger partial charge in [0.05, 0.1) is 36.2 Å². The van der Waals surface area contributed by atoms with Gasteiger partial charge >= 0.3 is 0 Å². The van der Waals surface area contributed by atoms with Gasteiger partial charge in [-0.25, -0.2) is 0 Å². The maximum atomic E-state index is 13.3. The van der Waals surface area contributed by atoms with Crippen molar-refractivity contribution in [2.45, 2.75) is 13.0 Å². The first-order chi connectivity index (χ1) is 15.2. The van der Waals surface area contributed by atoms with E-state index < -0.39 is 0 Å². The lowest BCUT2D eigenvalue weighted by Gasteiger charge is -2.22. The minimum atomic E-state index is -0.000193. The fraction of sp³-hybridized carbons (Fsp3) is 0.292. The van der Waals surface area contributed by atoms with Crippen molar-refractivity contribution in [2.24, 2.45) is 0 Å². The molecule has 1 aliphatic heterocycles. The molecule has 2 aromatic carbocycles. The molecule has 2 heterocycles. The van der Waals surface area contributed by atoms with Crippen LogP contribution in [0, 0.1) is 11.3 Å². The van der Waals surface area contributed by atoms with Gasteiger partial charge in [-0.05, 0) is 48.4 Å². The van der Waals surface area contributed by atoms with Crippen molar-refractivity contribution >= 4 is 5.91 Å². The van der Waals surface area contributed by atoms with E-state index in [2.05, 4.69) is 21.2 Å². The minimum Gasteiger partial charge on any atom is -0.497 e. The number of aromatic amines is 1. The SMILES string of the molecule is COc1ccc(-c2[nH]ncc2C(=O)N2CCCN(Cc3ccc(C#N)cc3)CC2)cc1. The van der Waals surface area contributed by atoms with Crippen molar-refractivity contribution in [1.29, 1.82) is 5.26 Å². The number of hydrogen-bond acceptors (Lipinski definition) is 5. The van der Waals surface area contributed by atoms with E-state index in [4.69, 9.17) is 10.00 Å². The normalized spacial score (nSPS) is 14.6. The van der Waals surface area contributed by atoms with Crippen LogP contribution in [0.4, 0.5) is 0 Å². The molecule has 158 valence electrons. The number of hydrogen-bond donors (Lipinski definition) is 1. The van der Waals surface area contributed by atoms with Crippen molar-refractivity contribution < 1.29 is 9.53 Å². The molecular weight excluding hydrogens is 390 g/mol. The van der Waals surface area contributed by atoms with Gasteiger partial charge in [0.15, 0.2) is 0 Å². The Morgan fingerprint density at radius 1 is 1.10 bits per heavy atom. The first-order valence-electron chi connectivity index (χ1n) is 10.4. The molecule has 4 rings (SSSR count). The largest absolute Gasteiger partial charge is 0.497 e. The molecule has 7 nitrogen and oxygen atoms in total. The summed E-state index contributed by atoms with van der Waals surface area (Å²) in [6.07, 6.45) is 2.53. The average molecular weight is 415 g/mol. The van der Waals surface area contributed by atoms with E-state index in [0.29, 0.717) is 17.7 Å². The summed E-state index contributed by atoms with van der Waals surface area (Å²) < 4.78 is 5.22. The second-order valence-corrected chi connectivity index (χ2v) is 7.62. The number of carbonyl (C=O) groups excluding carboxylic acids is 1. The molecule has 1 N–H and O–H groups in total. The molecule has 1 saturated heterocycles. The van der Waals surface area contributed by atoms with Gasteiger partial charge in [0.2, 0.25) is 0 Å². The Bertz CT molecular complexity index is 1070. The van der Waals surface area contributed by atoms with Crippen molar-refractivity contribution in [1.82, 2.24) is 20.0 Å². The highest BCUT2D eigenvalue weighted by Gasteiger charge is 2.24. The summed E-state index contributed by atoms with van der Waals surface area (Å²) in [5.41, 5.74) is 4.07. The number of rotatable bonds is 5. The van der Waals surface area contributed by atoms with Crippen LogP contribution in [0.5, 0.6) is 5.75 Å². The first kappa shape index (κ1) is 20.6. The molecule has 1 fully saturated rings. The van der Waals surface area contributed by atoms with Crippen LogP contribution in [-0.4, -0.2) is 59.2 Å². The molecule has 0 radical (unpaired) electrons. The summed E-state index contributed by atoms with van der Waals surface area (Å²) in [5.74, 6) is 0.769. The standard InChI is InChI=1S/C24H25N5O2/c1-31-21-9-7-20(8-10-21)23-22(16-26-27-23)24(30)29-12-2-11-28(13-14-29)17-19-5-3-18(15-25)4-6-19/h3-10,16H,2,11-14,17H2,1H3,(H,26,27). The number of nitrogens with zero attached hydrogens (tertiary/aromatic N) is 4. The Morgan fingerprint density at radius 3 is 2.58 bits per heavy atom. The molecule has 1 aromatic heterocycles. The summed E-state index contributed by atoms with van der Waals surface area (Å²) in [6, 6.07) is 17.4. The number of amides is 1. The average Bonchev–Trinajstić information content (AvgIpc) is 3.19. The highest BCUT2D eigenvalue weighted by molar-refractivity contribution is 5.99. The lowest BCUT2D eigenvalue weighted by Crippen LogP contribution is -2.35. The molecule has 0 unspecified atom stereocenters. The zero-order valence-corrected chi connectivity index (χ0v) is 17.5. The van der Waals surface area contributed by atoms with E-state index in [9.17, 15) is 4.79 Å². The highest BCUT2D eigenvalue weighted by Crippen LogP contribution is 2.25. The van der Waals surface area contributed by atoms with Gasteiger partial charge in [0.25, 0.3) is 5.91 Å². The van der Waals surface area contributed by atoms with Crippen molar-refractivity contribution in [3.05, 3.63) is 71.4 Å². The number of nitriles is 1. The van der Waals surface area contributed by atoms with Gasteiger partial charge in [0, 0.05) is 38.3 Å². The summed E-state index contributed by atoms with van der Waals surface area (Å²) in [4.78, 5) is 17.5. The lowest BCUT2D eigenvalue weighted by atomic mass is 10.1. The molecule has 1 amide bonds. The predicted molar refractivity (Wildman–Crippen MR) is 118 cm³/mol. The van der Waals surface area contributed by atoms with Crippen molar-refractivity contribution in [3.63, 3.8) is 0 Å². The third-order valence-corrected chi connectivity index (χ3v) is 5.61. The van der Waals surface area contributed by atoms with Crippen LogP contribution in [-0.2, 0) is 6.54 Å². The van der Waals surface area contributed by atoms with Crippen LogP contribution in [0.25, 0.3) is 11.3 Å². The summed E-state index contributed by atoms with van der Waals surface area (Å²) in [6.45, 7) is 3.94. The number of methoxy groups -OCH3 is 1. The second kappa shape index (κ2) is 9.45. The van der Waals surface area contributed by atoms with E-state index in [-0.39, 0.29) is 5.91 Å². The van der Waals surface area contributed by atoms with E-state index in [1.807, 2.05) is 53.4 Å². The van der Waals surface area contributed by atoms with E-state index >= 15 is 0 Å². The summed E-state index contributed by atoms with van der Waals surface area (Å²) in [7, 11) is 1.63. The number of aromatic nitrogens is 2. The maximum Gasteiger partial charge on any atom is 0.257 e. The molecule has 0 atom stereocenters. The third kappa shape index (κ3) is 4.76. The Kier molecular flexibility index (Phi) is 6.29. The molecule has 1 aliphatic rings. The number of ether oxygens (including phenoxy) is 1. The van der Waals surface area contributed by atoms with Crippen LogP contribution >= 0.6 is 0 Å². The molecule has 7 heteroatoms. The van der Waals surface area contributed by atoms with E-state index in [1.165, 1.54) is 5.56 Å². The Morgan fingerprint density at radius 2 is 1.87 bits per heavy atom. The number of nitrogens with one attached hydrogen (secondary N) is 1. The van der Waals surface area contributed by atoms with Crippen LogP contribution < -0.4 is 4.74 Å². The fourth-order valence-corrected chi connectivity index (χ4v) is 3.87. The van der Waals surface area contributed by atoms with Gasteiger partial charge in [-0.2, -0.15) is 10.4 Å². The van der Waals surface area contributed by atoms with Gasteiger partial charge in [-0.3, -0.25) is 14.8 Å². The Balaban J connectivity index is 1.42. The number of carbonyl (C=O) groups is 1. The van der Waals surface area contributed by atoms with Crippen LogP contribution in [0.3, 0.4) is 0 Å². The second-order valence-electron chi connectivity index (χ2n) is 7.62. The van der Waals surface area contributed by atoms with Crippen molar-refractivity contribution in [3.8, 4) is 23.1 Å². The van der Waals surface area contributed by atoms with E-state index in [1.54, 1.807) is 13.3 Å². The van der Waals surface area contributed by atoms with Crippen molar-refractivity contribution in [2.75, 3.05) is 33.3 Å². The van der Waals surface area contributed by atoms with Gasteiger partial charge < -0.3 is 9.64 Å². The monoisotopic (exact) mass is 415 g/mol. The quantitative estimate of drug-likeness (QED) is 0.691. The maximum absolute atomic E-state index is 13.3. The molecule has 31 heavy (non-hydrogen) atoms. The Labute approximate surface area is 181 Å². The van der Waals surface area contributed by atoms with Crippen LogP contribution in [0.2, 0.25) is 0 Å². The first-order valence-corrected chi connectivity index (χ1v) is 10.4. The highest BCUT2D eigenvalue weighted by atomic mass is 16.5. The lowest BCUT2D eigenvalue weighted by molar-refractivity contribution is 0.0762. The molecular formula is C24H25N5O2. The van der Waals surface area contributed by atoms with Crippen LogP contribution in [0.15, 0.2) is 54.7 Å². The summed E-state index contributed by atoms with van der Waals surface area (Å²) in [5, 5.41) is 16.1. The zero-order chi connectivity index (χ0) is 21.6. The molecule has 0 bridgehead atoms. The predicted octanol–water partition coefficient (Wildman–Crippen LogP) is 3.31. The van der Waals surface area contributed by atoms with Crippen LogP contribution in [0.1, 0.15) is 27.9 Å². The van der Waals surface area contributed by atoms with E-state index in [0.717, 1.165) is 49.6 Å². The fourth-order valence-electron chi connectivity index (χ4n) is 3.87. The number of H-pyrrole nitrogens is 1. The summed E-state index contributed by atoms with van der Waals surface area (Å²) >= 11 is 0.